The topological polar surface area (TPSA) is 49.4 Å². The summed E-state index contributed by atoms with van der Waals surface area (Å²) in [5.41, 5.74) is -0.750. The van der Waals surface area contributed by atoms with E-state index in [1.807, 2.05) is 4.90 Å². The van der Waals surface area contributed by atoms with Gasteiger partial charge in [0.25, 0.3) is 0 Å². The molecular formula is C15H26N2O2. The SMILES string of the molecule is CC1(C)NC(=O)CCN(CCC2CCCCC2)C1=O. The number of hydrogen-bond donors (Lipinski definition) is 1. The molecule has 4 heteroatoms. The van der Waals surface area contributed by atoms with Gasteiger partial charge in [0.2, 0.25) is 11.8 Å². The first-order chi connectivity index (χ1) is 8.99. The summed E-state index contributed by atoms with van der Waals surface area (Å²) >= 11 is 0. The van der Waals surface area contributed by atoms with Crippen LogP contribution in [0.1, 0.15) is 58.8 Å². The van der Waals surface area contributed by atoms with Crippen LogP contribution in [0.3, 0.4) is 0 Å². The normalized spacial score (nSPS) is 25.1. The highest BCUT2D eigenvalue weighted by molar-refractivity contribution is 5.92. The van der Waals surface area contributed by atoms with Gasteiger partial charge in [-0.2, -0.15) is 0 Å². The summed E-state index contributed by atoms with van der Waals surface area (Å²) < 4.78 is 0. The minimum absolute atomic E-state index is 0.0153. The second-order valence-electron chi connectivity index (χ2n) is 6.51. The van der Waals surface area contributed by atoms with E-state index in [0.717, 1.165) is 18.9 Å². The van der Waals surface area contributed by atoms with Crippen molar-refractivity contribution >= 4 is 11.8 Å². The van der Waals surface area contributed by atoms with E-state index < -0.39 is 5.54 Å². The number of carbonyl (C=O) groups is 2. The minimum Gasteiger partial charge on any atom is -0.342 e. The Labute approximate surface area is 115 Å². The van der Waals surface area contributed by atoms with Crippen molar-refractivity contribution in [1.29, 1.82) is 0 Å². The minimum atomic E-state index is -0.750. The van der Waals surface area contributed by atoms with Gasteiger partial charge < -0.3 is 10.2 Å². The molecule has 19 heavy (non-hydrogen) atoms. The highest BCUT2D eigenvalue weighted by Crippen LogP contribution is 2.27. The molecule has 0 aromatic heterocycles. The Morgan fingerprint density at radius 2 is 1.89 bits per heavy atom. The van der Waals surface area contributed by atoms with Gasteiger partial charge in [-0.3, -0.25) is 9.59 Å². The maximum atomic E-state index is 12.4. The molecule has 0 atom stereocenters. The van der Waals surface area contributed by atoms with E-state index in [1.165, 1.54) is 32.1 Å². The van der Waals surface area contributed by atoms with Crippen LogP contribution in [0.4, 0.5) is 0 Å². The number of rotatable bonds is 3. The molecule has 0 unspecified atom stereocenters. The average molecular weight is 266 g/mol. The molecule has 108 valence electrons. The summed E-state index contributed by atoms with van der Waals surface area (Å²) in [4.78, 5) is 25.9. The van der Waals surface area contributed by atoms with Gasteiger partial charge in [-0.15, -0.1) is 0 Å². The number of nitrogens with zero attached hydrogens (tertiary/aromatic N) is 1. The second-order valence-corrected chi connectivity index (χ2v) is 6.51. The van der Waals surface area contributed by atoms with Gasteiger partial charge in [0, 0.05) is 19.5 Å². The smallest absolute Gasteiger partial charge is 0.247 e. The molecule has 0 aromatic rings. The van der Waals surface area contributed by atoms with Crippen molar-refractivity contribution in [2.75, 3.05) is 13.1 Å². The van der Waals surface area contributed by atoms with Crippen LogP contribution < -0.4 is 5.32 Å². The zero-order valence-corrected chi connectivity index (χ0v) is 12.2. The molecule has 4 nitrogen and oxygen atoms in total. The van der Waals surface area contributed by atoms with Crippen molar-refractivity contribution in [1.82, 2.24) is 10.2 Å². The summed E-state index contributed by atoms with van der Waals surface area (Å²) in [5.74, 6) is 0.823. The van der Waals surface area contributed by atoms with E-state index in [9.17, 15) is 9.59 Å². The summed E-state index contributed by atoms with van der Waals surface area (Å²) in [5, 5.41) is 2.81. The molecule has 2 fully saturated rings. The van der Waals surface area contributed by atoms with E-state index in [4.69, 9.17) is 0 Å². The number of amides is 2. The number of nitrogens with one attached hydrogen (secondary N) is 1. The first-order valence-electron chi connectivity index (χ1n) is 7.59. The Balaban J connectivity index is 1.90. The standard InChI is InChI=1S/C15H26N2O2/c1-15(2)14(19)17(11-9-13(18)16-15)10-8-12-6-4-3-5-7-12/h12H,3-11H2,1-2H3,(H,16,18). The largest absolute Gasteiger partial charge is 0.342 e. The number of carbonyl (C=O) groups excluding carboxylic acids is 2. The quantitative estimate of drug-likeness (QED) is 0.850. The van der Waals surface area contributed by atoms with E-state index >= 15 is 0 Å². The molecule has 1 saturated carbocycles. The van der Waals surface area contributed by atoms with E-state index in [0.29, 0.717) is 13.0 Å². The molecule has 1 saturated heterocycles. The first kappa shape index (κ1) is 14.4. The van der Waals surface area contributed by atoms with Crippen molar-refractivity contribution < 1.29 is 9.59 Å². The predicted molar refractivity (Wildman–Crippen MR) is 74.6 cm³/mol. The monoisotopic (exact) mass is 266 g/mol. The third kappa shape index (κ3) is 3.71. The Kier molecular flexibility index (Phi) is 4.48. The lowest BCUT2D eigenvalue weighted by Crippen LogP contribution is -2.53. The Morgan fingerprint density at radius 3 is 2.58 bits per heavy atom. The van der Waals surface area contributed by atoms with Gasteiger partial charge in [0.15, 0.2) is 0 Å². The first-order valence-corrected chi connectivity index (χ1v) is 7.59. The lowest BCUT2D eigenvalue weighted by molar-refractivity contribution is -0.137. The fourth-order valence-corrected chi connectivity index (χ4v) is 3.23. The maximum absolute atomic E-state index is 12.4. The van der Waals surface area contributed by atoms with Crippen molar-refractivity contribution in [2.24, 2.45) is 5.92 Å². The highest BCUT2D eigenvalue weighted by atomic mass is 16.2. The van der Waals surface area contributed by atoms with Crippen LogP contribution in [0.25, 0.3) is 0 Å². The van der Waals surface area contributed by atoms with Gasteiger partial charge in [-0.25, -0.2) is 0 Å². The van der Waals surface area contributed by atoms with Crippen LogP contribution in [0.2, 0.25) is 0 Å². The molecule has 0 bridgehead atoms. The average Bonchev–Trinajstić information content (AvgIpc) is 2.47. The van der Waals surface area contributed by atoms with Crippen molar-refractivity contribution in [3.8, 4) is 0 Å². The van der Waals surface area contributed by atoms with Crippen LogP contribution in [0, 0.1) is 5.92 Å². The fraction of sp³-hybridized carbons (Fsp3) is 0.867. The molecule has 2 amide bonds. The van der Waals surface area contributed by atoms with Gasteiger partial charge in [-0.05, 0) is 26.2 Å². The van der Waals surface area contributed by atoms with E-state index in [-0.39, 0.29) is 11.8 Å². The Bertz CT molecular complexity index is 346. The molecule has 1 aliphatic carbocycles. The second kappa shape index (κ2) is 5.93. The fourth-order valence-electron chi connectivity index (χ4n) is 3.23. The lowest BCUT2D eigenvalue weighted by Gasteiger charge is -2.30. The Hall–Kier alpha value is -1.06. The summed E-state index contributed by atoms with van der Waals surface area (Å²) in [6.07, 6.45) is 8.18. The van der Waals surface area contributed by atoms with Crippen LogP contribution in [-0.2, 0) is 9.59 Å². The highest BCUT2D eigenvalue weighted by Gasteiger charge is 2.36. The van der Waals surface area contributed by atoms with Crippen molar-refractivity contribution in [3.05, 3.63) is 0 Å². The molecule has 2 rings (SSSR count). The number of hydrogen-bond acceptors (Lipinski definition) is 2. The van der Waals surface area contributed by atoms with Crippen LogP contribution in [-0.4, -0.2) is 35.3 Å². The van der Waals surface area contributed by atoms with Crippen LogP contribution >= 0.6 is 0 Å². The predicted octanol–water partition coefficient (Wildman–Crippen LogP) is 2.08. The molecule has 1 heterocycles. The molecule has 0 aromatic carbocycles. The molecule has 1 N–H and O–H groups in total. The molecule has 2 aliphatic rings. The summed E-state index contributed by atoms with van der Waals surface area (Å²) in [6, 6.07) is 0. The van der Waals surface area contributed by atoms with Crippen LogP contribution in [0.5, 0.6) is 0 Å². The molecule has 1 aliphatic heterocycles. The van der Waals surface area contributed by atoms with Gasteiger partial charge in [0.05, 0.1) is 0 Å². The summed E-state index contributed by atoms with van der Waals surface area (Å²) in [6.45, 7) is 4.97. The third-order valence-electron chi connectivity index (χ3n) is 4.41. The maximum Gasteiger partial charge on any atom is 0.247 e. The third-order valence-corrected chi connectivity index (χ3v) is 4.41. The van der Waals surface area contributed by atoms with Gasteiger partial charge in [-0.1, -0.05) is 32.1 Å². The molecule has 0 radical (unpaired) electrons. The zero-order valence-electron chi connectivity index (χ0n) is 12.2. The van der Waals surface area contributed by atoms with E-state index in [2.05, 4.69) is 5.32 Å². The van der Waals surface area contributed by atoms with Crippen molar-refractivity contribution in [2.45, 2.75) is 64.3 Å². The summed E-state index contributed by atoms with van der Waals surface area (Å²) in [7, 11) is 0. The lowest BCUT2D eigenvalue weighted by atomic mass is 9.87. The Morgan fingerprint density at radius 1 is 1.21 bits per heavy atom. The van der Waals surface area contributed by atoms with Gasteiger partial charge >= 0.3 is 0 Å². The molecule has 0 spiro atoms. The van der Waals surface area contributed by atoms with Gasteiger partial charge in [0.1, 0.15) is 5.54 Å². The van der Waals surface area contributed by atoms with Crippen molar-refractivity contribution in [3.63, 3.8) is 0 Å². The van der Waals surface area contributed by atoms with Crippen LogP contribution in [0.15, 0.2) is 0 Å². The van der Waals surface area contributed by atoms with E-state index in [1.54, 1.807) is 13.8 Å². The zero-order chi connectivity index (χ0) is 13.9. The molecular weight excluding hydrogens is 240 g/mol.